The van der Waals surface area contributed by atoms with E-state index in [1.807, 2.05) is 12.1 Å². The molecule has 1 N–H and O–H groups in total. The van der Waals surface area contributed by atoms with Crippen LogP contribution in [0, 0.1) is 23.7 Å². The fraction of sp³-hybridized carbons (Fsp3) is 0.467. The fourth-order valence-corrected chi connectivity index (χ4v) is 5.87. The number of fused-ring (bicyclic) bond motifs is 2. The Balaban J connectivity index is 1.23. The summed E-state index contributed by atoms with van der Waals surface area (Å²) < 4.78 is 5.28. The Morgan fingerprint density at radius 2 is 1.62 bits per heavy atom. The molecular formula is C30H39NO. The van der Waals surface area contributed by atoms with Crippen LogP contribution in [0.5, 0.6) is 5.75 Å². The van der Waals surface area contributed by atoms with Crippen LogP contribution in [0.2, 0.25) is 0 Å². The molecule has 0 aliphatic heterocycles. The van der Waals surface area contributed by atoms with Crippen LogP contribution in [0.4, 0.5) is 5.69 Å². The van der Waals surface area contributed by atoms with Gasteiger partial charge in [0.05, 0.1) is 13.2 Å². The van der Waals surface area contributed by atoms with Crippen molar-refractivity contribution in [2.75, 3.05) is 12.4 Å². The molecular weight excluding hydrogens is 390 g/mol. The second-order valence-electron chi connectivity index (χ2n) is 9.68. The molecule has 2 nitrogen and oxygen atoms in total. The van der Waals surface area contributed by atoms with Crippen LogP contribution in [0.3, 0.4) is 0 Å². The molecule has 5 atom stereocenters. The van der Waals surface area contributed by atoms with Crippen LogP contribution < -0.4 is 10.1 Å². The smallest absolute Gasteiger partial charge is 0.119 e. The van der Waals surface area contributed by atoms with Gasteiger partial charge in [0.15, 0.2) is 0 Å². The van der Waals surface area contributed by atoms with E-state index in [0.29, 0.717) is 0 Å². The van der Waals surface area contributed by atoms with Crippen LogP contribution >= 0.6 is 0 Å². The zero-order chi connectivity index (χ0) is 22.2. The van der Waals surface area contributed by atoms with E-state index >= 15 is 0 Å². The van der Waals surface area contributed by atoms with Crippen molar-refractivity contribution in [3.05, 3.63) is 84.5 Å². The van der Waals surface area contributed by atoms with Crippen molar-refractivity contribution in [2.24, 2.45) is 23.7 Å². The minimum atomic E-state index is 0.260. The predicted molar refractivity (Wildman–Crippen MR) is 136 cm³/mol. The number of ether oxygens (including phenoxy) is 1. The maximum absolute atomic E-state index is 5.28. The van der Waals surface area contributed by atoms with Crippen molar-refractivity contribution in [3.8, 4) is 5.75 Å². The SMILES string of the molecule is COc1ccc(NC(C/C=C/CC/C=C/CC2C3CCC(C3)C2C)c2ccccc2)cc1. The summed E-state index contributed by atoms with van der Waals surface area (Å²) in [4.78, 5) is 0. The highest BCUT2D eigenvalue weighted by Crippen LogP contribution is 2.53. The monoisotopic (exact) mass is 429 g/mol. The Hall–Kier alpha value is -2.48. The largest absolute Gasteiger partial charge is 0.497 e. The number of hydrogen-bond donors (Lipinski definition) is 1. The number of anilines is 1. The summed E-state index contributed by atoms with van der Waals surface area (Å²) in [5.41, 5.74) is 2.43. The highest BCUT2D eigenvalue weighted by atomic mass is 16.5. The highest BCUT2D eigenvalue weighted by molar-refractivity contribution is 5.48. The standard InChI is InChI=1S/C30H39NO/c1-23-25-16-17-26(22-25)29(23)14-10-5-3-4-6-11-15-30(24-12-8-7-9-13-24)31-27-18-20-28(32-2)21-19-27/h5-13,18-21,23,25-26,29-31H,3-4,14-17,22H2,1-2H3/b10-5+,11-6+. The summed E-state index contributed by atoms with van der Waals surface area (Å²) in [6.07, 6.45) is 18.6. The molecule has 0 aromatic heterocycles. The van der Waals surface area contributed by atoms with Crippen LogP contribution in [0.1, 0.15) is 63.5 Å². The summed E-state index contributed by atoms with van der Waals surface area (Å²) in [6, 6.07) is 19.1. The number of hydrogen-bond acceptors (Lipinski definition) is 2. The number of rotatable bonds is 11. The molecule has 0 heterocycles. The first-order valence-corrected chi connectivity index (χ1v) is 12.5. The molecule has 0 spiro atoms. The third-order valence-electron chi connectivity index (χ3n) is 7.78. The molecule has 2 aromatic carbocycles. The topological polar surface area (TPSA) is 21.3 Å². The van der Waals surface area contributed by atoms with E-state index in [4.69, 9.17) is 4.74 Å². The average Bonchev–Trinajstić information content (AvgIpc) is 3.43. The van der Waals surface area contributed by atoms with Crippen molar-refractivity contribution in [1.82, 2.24) is 0 Å². The molecule has 0 saturated heterocycles. The van der Waals surface area contributed by atoms with Gasteiger partial charge in [0, 0.05) is 5.69 Å². The predicted octanol–water partition coefficient (Wildman–Crippen LogP) is 8.20. The van der Waals surface area contributed by atoms with E-state index in [2.05, 4.69) is 79.0 Å². The Kier molecular flexibility index (Phi) is 8.09. The van der Waals surface area contributed by atoms with Gasteiger partial charge in [-0.3, -0.25) is 0 Å². The van der Waals surface area contributed by atoms with Gasteiger partial charge in [-0.25, -0.2) is 0 Å². The first kappa shape index (κ1) is 22.7. The van der Waals surface area contributed by atoms with Crippen molar-refractivity contribution in [1.29, 1.82) is 0 Å². The van der Waals surface area contributed by atoms with Gasteiger partial charge < -0.3 is 10.1 Å². The molecule has 2 aromatic rings. The first-order valence-electron chi connectivity index (χ1n) is 12.5. The van der Waals surface area contributed by atoms with E-state index in [0.717, 1.165) is 54.4 Å². The lowest BCUT2D eigenvalue weighted by Crippen LogP contribution is -2.18. The summed E-state index contributed by atoms with van der Waals surface area (Å²) >= 11 is 0. The van der Waals surface area contributed by atoms with Gasteiger partial charge in [-0.05, 0) is 98.4 Å². The minimum absolute atomic E-state index is 0.260. The van der Waals surface area contributed by atoms with Crippen molar-refractivity contribution >= 4 is 5.69 Å². The second-order valence-corrected chi connectivity index (χ2v) is 9.68. The molecule has 2 aliphatic rings. The van der Waals surface area contributed by atoms with Crippen LogP contribution in [-0.2, 0) is 0 Å². The molecule has 32 heavy (non-hydrogen) atoms. The molecule has 2 heteroatoms. The Morgan fingerprint density at radius 3 is 2.31 bits per heavy atom. The van der Waals surface area contributed by atoms with Gasteiger partial charge >= 0.3 is 0 Å². The normalized spacial score (nSPS) is 25.6. The molecule has 0 amide bonds. The summed E-state index contributed by atoms with van der Waals surface area (Å²) in [7, 11) is 1.70. The lowest BCUT2D eigenvalue weighted by Gasteiger charge is -2.27. The highest BCUT2D eigenvalue weighted by Gasteiger charge is 2.44. The average molecular weight is 430 g/mol. The Bertz CT molecular complexity index is 867. The van der Waals surface area contributed by atoms with Gasteiger partial charge in [0.2, 0.25) is 0 Å². The van der Waals surface area contributed by atoms with E-state index in [1.165, 1.54) is 31.2 Å². The number of unbranched alkanes of at least 4 members (excludes halogenated alkanes) is 1. The molecule has 4 rings (SSSR count). The number of allylic oxidation sites excluding steroid dienone is 3. The fourth-order valence-electron chi connectivity index (χ4n) is 5.87. The maximum Gasteiger partial charge on any atom is 0.119 e. The third kappa shape index (κ3) is 5.85. The van der Waals surface area contributed by atoms with Gasteiger partial charge in [0.25, 0.3) is 0 Å². The lowest BCUT2D eigenvalue weighted by atomic mass is 9.78. The summed E-state index contributed by atoms with van der Waals surface area (Å²) in [5.74, 6) is 4.84. The van der Waals surface area contributed by atoms with E-state index in [1.54, 1.807) is 7.11 Å². The van der Waals surface area contributed by atoms with E-state index < -0.39 is 0 Å². The zero-order valence-electron chi connectivity index (χ0n) is 19.8. The minimum Gasteiger partial charge on any atom is -0.497 e. The van der Waals surface area contributed by atoms with Crippen LogP contribution in [0.15, 0.2) is 78.9 Å². The van der Waals surface area contributed by atoms with Crippen molar-refractivity contribution < 1.29 is 4.74 Å². The molecule has 2 saturated carbocycles. The summed E-state index contributed by atoms with van der Waals surface area (Å²) in [5, 5.41) is 3.69. The Labute approximate surface area is 194 Å². The number of nitrogens with one attached hydrogen (secondary N) is 1. The Morgan fingerprint density at radius 1 is 0.906 bits per heavy atom. The zero-order valence-corrected chi connectivity index (χ0v) is 19.8. The molecule has 2 bridgehead atoms. The molecule has 2 fully saturated rings. The van der Waals surface area contributed by atoms with Gasteiger partial charge in [-0.15, -0.1) is 0 Å². The van der Waals surface area contributed by atoms with Crippen LogP contribution in [-0.4, -0.2) is 7.11 Å². The number of benzene rings is 2. The quantitative estimate of drug-likeness (QED) is 0.287. The molecule has 170 valence electrons. The van der Waals surface area contributed by atoms with Gasteiger partial charge in [-0.2, -0.15) is 0 Å². The maximum atomic E-state index is 5.28. The lowest BCUT2D eigenvalue weighted by molar-refractivity contribution is 0.241. The van der Waals surface area contributed by atoms with E-state index in [-0.39, 0.29) is 6.04 Å². The molecule has 5 unspecified atom stereocenters. The van der Waals surface area contributed by atoms with Gasteiger partial charge in [-0.1, -0.05) is 61.6 Å². The second kappa shape index (κ2) is 11.4. The van der Waals surface area contributed by atoms with E-state index in [9.17, 15) is 0 Å². The van der Waals surface area contributed by atoms with Crippen molar-refractivity contribution in [2.45, 2.75) is 57.9 Å². The van der Waals surface area contributed by atoms with Crippen LogP contribution in [0.25, 0.3) is 0 Å². The third-order valence-corrected chi connectivity index (χ3v) is 7.78. The first-order chi connectivity index (χ1) is 15.7. The summed E-state index contributed by atoms with van der Waals surface area (Å²) in [6.45, 7) is 2.49. The number of methoxy groups -OCH3 is 1. The molecule has 0 radical (unpaired) electrons. The van der Waals surface area contributed by atoms with Gasteiger partial charge in [0.1, 0.15) is 5.75 Å². The van der Waals surface area contributed by atoms with Crippen molar-refractivity contribution in [3.63, 3.8) is 0 Å². The molecule has 2 aliphatic carbocycles.